The summed E-state index contributed by atoms with van der Waals surface area (Å²) in [5.74, 6) is -0.366. The zero-order valence-electron chi connectivity index (χ0n) is 15.6. The van der Waals surface area contributed by atoms with E-state index in [2.05, 4.69) is 4.74 Å². The second kappa shape index (κ2) is 8.42. The highest BCUT2D eigenvalue weighted by Gasteiger charge is 2.32. The van der Waals surface area contributed by atoms with Crippen molar-refractivity contribution >= 4 is 17.5 Å². The van der Waals surface area contributed by atoms with Gasteiger partial charge < -0.3 is 19.3 Å². The number of nitrogens with zero attached hydrogens (tertiary/aromatic N) is 2. The minimum Gasteiger partial charge on any atom is -0.482 e. The molecule has 3 rings (SSSR count). The first-order valence-corrected chi connectivity index (χ1v) is 8.84. The number of carbonyl (C=O) groups is 2. The van der Waals surface area contributed by atoms with E-state index in [1.165, 1.54) is 35.0 Å². The van der Waals surface area contributed by atoms with Gasteiger partial charge in [0.2, 0.25) is 5.91 Å². The van der Waals surface area contributed by atoms with Crippen LogP contribution in [-0.2, 0) is 16.1 Å². The SMILES string of the molecule is CN(Cc1ccccc1OC(F)(F)F)C(=O)CCN1C(=O)COc2ccccc21. The summed E-state index contributed by atoms with van der Waals surface area (Å²) < 4.78 is 47.0. The number of hydrogen-bond donors (Lipinski definition) is 0. The molecule has 9 heteroatoms. The predicted molar refractivity (Wildman–Crippen MR) is 98.5 cm³/mol. The minimum atomic E-state index is -4.82. The number of fused-ring (bicyclic) bond motifs is 1. The molecule has 6 nitrogen and oxygen atoms in total. The van der Waals surface area contributed by atoms with Crippen molar-refractivity contribution in [1.29, 1.82) is 0 Å². The number of halogens is 3. The highest BCUT2D eigenvalue weighted by molar-refractivity contribution is 5.98. The Kier molecular flexibility index (Phi) is 5.95. The van der Waals surface area contributed by atoms with Crippen LogP contribution in [0.1, 0.15) is 12.0 Å². The number of para-hydroxylation sites is 3. The molecule has 2 aromatic rings. The molecule has 0 spiro atoms. The average molecular weight is 408 g/mol. The van der Waals surface area contributed by atoms with Gasteiger partial charge in [-0.1, -0.05) is 30.3 Å². The van der Waals surface area contributed by atoms with Crippen LogP contribution in [0.25, 0.3) is 0 Å². The molecule has 0 N–H and O–H groups in total. The third-order valence-corrected chi connectivity index (χ3v) is 4.39. The Bertz CT molecular complexity index is 901. The van der Waals surface area contributed by atoms with Crippen LogP contribution in [0.4, 0.5) is 18.9 Å². The molecule has 0 bridgehead atoms. The monoisotopic (exact) mass is 408 g/mol. The molecule has 2 aromatic carbocycles. The Morgan fingerprint density at radius 1 is 1.17 bits per heavy atom. The molecule has 1 aliphatic heterocycles. The van der Waals surface area contributed by atoms with Crippen LogP contribution in [0.3, 0.4) is 0 Å². The van der Waals surface area contributed by atoms with E-state index in [1.807, 2.05) is 0 Å². The number of anilines is 1. The number of benzene rings is 2. The first kappa shape index (κ1) is 20.5. The Labute approximate surface area is 165 Å². The van der Waals surface area contributed by atoms with Gasteiger partial charge in [-0.05, 0) is 18.2 Å². The lowest BCUT2D eigenvalue weighted by Gasteiger charge is -2.29. The van der Waals surface area contributed by atoms with Crippen molar-refractivity contribution in [3.05, 3.63) is 54.1 Å². The minimum absolute atomic E-state index is 0.0128. The molecule has 0 aromatic heterocycles. The zero-order valence-corrected chi connectivity index (χ0v) is 15.6. The molecule has 0 fully saturated rings. The normalized spacial score (nSPS) is 13.5. The molecule has 154 valence electrons. The highest BCUT2D eigenvalue weighted by atomic mass is 19.4. The second-order valence-corrected chi connectivity index (χ2v) is 6.46. The summed E-state index contributed by atoms with van der Waals surface area (Å²) in [6, 6.07) is 12.7. The lowest BCUT2D eigenvalue weighted by atomic mass is 10.2. The maximum atomic E-state index is 12.6. The van der Waals surface area contributed by atoms with Gasteiger partial charge in [-0.2, -0.15) is 0 Å². The van der Waals surface area contributed by atoms with Crippen molar-refractivity contribution in [3.63, 3.8) is 0 Å². The third-order valence-electron chi connectivity index (χ3n) is 4.39. The molecule has 0 unspecified atom stereocenters. The van der Waals surface area contributed by atoms with Crippen LogP contribution >= 0.6 is 0 Å². The fourth-order valence-corrected chi connectivity index (χ4v) is 3.00. The van der Waals surface area contributed by atoms with Gasteiger partial charge in [0.25, 0.3) is 5.91 Å². The zero-order chi connectivity index (χ0) is 21.0. The van der Waals surface area contributed by atoms with Gasteiger partial charge in [-0.25, -0.2) is 0 Å². The standard InChI is InChI=1S/C20H19F3N2O4/c1-24(12-14-6-2-4-8-16(14)29-20(21,22)23)18(26)10-11-25-15-7-3-5-9-17(15)28-13-19(25)27/h2-9H,10-13H2,1H3. The van der Waals surface area contributed by atoms with E-state index in [1.54, 1.807) is 30.3 Å². The van der Waals surface area contributed by atoms with Gasteiger partial charge in [0.1, 0.15) is 11.5 Å². The fraction of sp³-hybridized carbons (Fsp3) is 0.300. The van der Waals surface area contributed by atoms with Crippen molar-refractivity contribution in [2.45, 2.75) is 19.3 Å². The molecule has 1 aliphatic rings. The van der Waals surface area contributed by atoms with E-state index in [0.717, 1.165) is 0 Å². The number of alkyl halides is 3. The third kappa shape index (κ3) is 5.18. The lowest BCUT2D eigenvalue weighted by Crippen LogP contribution is -2.41. The fourth-order valence-electron chi connectivity index (χ4n) is 3.00. The number of ether oxygens (including phenoxy) is 2. The second-order valence-electron chi connectivity index (χ2n) is 6.46. The van der Waals surface area contributed by atoms with Crippen molar-refractivity contribution < 1.29 is 32.2 Å². The highest BCUT2D eigenvalue weighted by Crippen LogP contribution is 2.31. The number of amides is 2. The van der Waals surface area contributed by atoms with E-state index in [0.29, 0.717) is 11.4 Å². The molecule has 0 atom stereocenters. The molecule has 0 saturated carbocycles. The van der Waals surface area contributed by atoms with Crippen LogP contribution in [0, 0.1) is 0 Å². The maximum absolute atomic E-state index is 12.6. The predicted octanol–water partition coefficient (Wildman–Crippen LogP) is 3.36. The quantitative estimate of drug-likeness (QED) is 0.736. The largest absolute Gasteiger partial charge is 0.573 e. The topological polar surface area (TPSA) is 59.1 Å². The van der Waals surface area contributed by atoms with E-state index < -0.39 is 6.36 Å². The van der Waals surface area contributed by atoms with E-state index >= 15 is 0 Å². The van der Waals surface area contributed by atoms with Gasteiger partial charge in [-0.3, -0.25) is 9.59 Å². The molecule has 2 amide bonds. The van der Waals surface area contributed by atoms with Gasteiger partial charge in [0.15, 0.2) is 6.61 Å². The molecule has 0 aliphatic carbocycles. The first-order valence-electron chi connectivity index (χ1n) is 8.84. The molecular formula is C20H19F3N2O4. The van der Waals surface area contributed by atoms with Gasteiger partial charge >= 0.3 is 6.36 Å². The van der Waals surface area contributed by atoms with Crippen molar-refractivity contribution in [3.8, 4) is 11.5 Å². The summed E-state index contributed by atoms with van der Waals surface area (Å²) in [6.07, 6.45) is -4.80. The lowest BCUT2D eigenvalue weighted by molar-refractivity contribution is -0.275. The summed E-state index contributed by atoms with van der Waals surface area (Å²) in [7, 11) is 1.49. The van der Waals surface area contributed by atoms with E-state index in [-0.39, 0.29) is 49.2 Å². The van der Waals surface area contributed by atoms with Crippen molar-refractivity contribution in [2.75, 3.05) is 25.1 Å². The maximum Gasteiger partial charge on any atom is 0.573 e. The summed E-state index contributed by atoms with van der Waals surface area (Å²) in [4.78, 5) is 27.4. The summed E-state index contributed by atoms with van der Waals surface area (Å²) in [5, 5.41) is 0. The van der Waals surface area contributed by atoms with Crippen molar-refractivity contribution in [1.82, 2.24) is 4.90 Å². The van der Waals surface area contributed by atoms with Gasteiger partial charge in [0, 0.05) is 32.1 Å². The molecule has 0 radical (unpaired) electrons. The van der Waals surface area contributed by atoms with Gasteiger partial charge in [0.05, 0.1) is 5.69 Å². The smallest absolute Gasteiger partial charge is 0.482 e. The number of hydrogen-bond acceptors (Lipinski definition) is 4. The van der Waals surface area contributed by atoms with E-state index in [4.69, 9.17) is 4.74 Å². The Morgan fingerprint density at radius 2 is 1.86 bits per heavy atom. The molecule has 1 heterocycles. The number of carbonyl (C=O) groups excluding carboxylic acids is 2. The molecule has 0 saturated heterocycles. The van der Waals surface area contributed by atoms with Gasteiger partial charge in [-0.15, -0.1) is 13.2 Å². The van der Waals surface area contributed by atoms with E-state index in [9.17, 15) is 22.8 Å². The van der Waals surface area contributed by atoms with Crippen LogP contribution < -0.4 is 14.4 Å². The summed E-state index contributed by atoms with van der Waals surface area (Å²) >= 11 is 0. The summed E-state index contributed by atoms with van der Waals surface area (Å²) in [5.41, 5.74) is 0.816. The number of rotatable bonds is 6. The molecule has 29 heavy (non-hydrogen) atoms. The Morgan fingerprint density at radius 3 is 2.62 bits per heavy atom. The first-order chi connectivity index (χ1) is 13.7. The summed E-state index contributed by atoms with van der Waals surface area (Å²) in [6.45, 7) is -0.0228. The Balaban J connectivity index is 1.63. The average Bonchev–Trinajstić information content (AvgIpc) is 2.67. The van der Waals surface area contributed by atoms with Crippen LogP contribution in [0.15, 0.2) is 48.5 Å². The Hall–Kier alpha value is -3.23. The van der Waals surface area contributed by atoms with Crippen LogP contribution in [0.5, 0.6) is 11.5 Å². The van der Waals surface area contributed by atoms with Crippen LogP contribution in [-0.4, -0.2) is 43.3 Å². The molecular weight excluding hydrogens is 389 g/mol. The van der Waals surface area contributed by atoms with Crippen molar-refractivity contribution in [2.24, 2.45) is 0 Å². The van der Waals surface area contributed by atoms with Crippen LogP contribution in [0.2, 0.25) is 0 Å².